The molecule has 0 radical (unpaired) electrons. The smallest absolute Gasteiger partial charge is 0.328 e. The summed E-state index contributed by atoms with van der Waals surface area (Å²) in [6.07, 6.45) is 2.65. The standard InChI is InChI=1S/C20H29N3O3/c1-2-26-20(25)18-10-6-7-11-23(18)19(24)16-21-12-14-22(15-13-21)17-8-4-3-5-9-17/h3-5,8-9,18H,2,6-7,10-16H2,1H3. The van der Waals surface area contributed by atoms with Gasteiger partial charge in [0.25, 0.3) is 0 Å². The first kappa shape index (κ1) is 18.7. The zero-order valence-corrected chi connectivity index (χ0v) is 15.6. The molecule has 0 N–H and O–H groups in total. The second-order valence-corrected chi connectivity index (χ2v) is 6.95. The summed E-state index contributed by atoms with van der Waals surface area (Å²) >= 11 is 0. The molecule has 26 heavy (non-hydrogen) atoms. The molecule has 0 aliphatic carbocycles. The van der Waals surface area contributed by atoms with E-state index in [1.165, 1.54) is 5.69 Å². The third-order valence-corrected chi connectivity index (χ3v) is 5.23. The summed E-state index contributed by atoms with van der Waals surface area (Å²) in [4.78, 5) is 31.3. The van der Waals surface area contributed by atoms with E-state index in [1.54, 1.807) is 11.8 Å². The summed E-state index contributed by atoms with van der Waals surface area (Å²) in [6.45, 7) is 6.76. The number of piperazine rings is 1. The Hall–Kier alpha value is -2.08. The van der Waals surface area contributed by atoms with E-state index in [9.17, 15) is 9.59 Å². The van der Waals surface area contributed by atoms with Gasteiger partial charge in [0.1, 0.15) is 6.04 Å². The summed E-state index contributed by atoms with van der Waals surface area (Å²) in [6, 6.07) is 9.98. The first-order valence-corrected chi connectivity index (χ1v) is 9.67. The lowest BCUT2D eigenvalue weighted by Crippen LogP contribution is -2.54. The third kappa shape index (κ3) is 4.55. The lowest BCUT2D eigenvalue weighted by Gasteiger charge is -2.38. The first-order chi connectivity index (χ1) is 12.7. The summed E-state index contributed by atoms with van der Waals surface area (Å²) in [5.41, 5.74) is 1.23. The zero-order chi connectivity index (χ0) is 18.4. The Labute approximate surface area is 155 Å². The second kappa shape index (κ2) is 9.03. The van der Waals surface area contributed by atoms with Gasteiger partial charge in [0.2, 0.25) is 5.91 Å². The summed E-state index contributed by atoms with van der Waals surface area (Å²) in [5.74, 6) is -0.203. The van der Waals surface area contributed by atoms with Gasteiger partial charge < -0.3 is 14.5 Å². The normalized spacial score (nSPS) is 21.5. The molecule has 0 bridgehead atoms. The van der Waals surface area contributed by atoms with Crippen LogP contribution in [0.3, 0.4) is 0 Å². The molecule has 3 rings (SSSR count). The van der Waals surface area contributed by atoms with Gasteiger partial charge in [-0.05, 0) is 38.3 Å². The van der Waals surface area contributed by atoms with E-state index in [2.05, 4.69) is 34.1 Å². The number of ether oxygens (including phenoxy) is 1. The highest BCUT2D eigenvalue weighted by Gasteiger charge is 2.34. The van der Waals surface area contributed by atoms with Gasteiger partial charge >= 0.3 is 5.97 Å². The Bertz CT molecular complexity index is 600. The van der Waals surface area contributed by atoms with Crippen molar-refractivity contribution in [3.05, 3.63) is 30.3 Å². The third-order valence-electron chi connectivity index (χ3n) is 5.23. The SMILES string of the molecule is CCOC(=O)C1CCCCN1C(=O)CN1CCN(c2ccccc2)CC1. The topological polar surface area (TPSA) is 53.1 Å². The fraction of sp³-hybridized carbons (Fsp3) is 0.600. The van der Waals surface area contributed by atoms with E-state index < -0.39 is 6.04 Å². The Kier molecular flexibility index (Phi) is 6.50. The van der Waals surface area contributed by atoms with Crippen molar-refractivity contribution < 1.29 is 14.3 Å². The van der Waals surface area contributed by atoms with Crippen LogP contribution in [-0.4, -0.2) is 73.6 Å². The molecule has 2 fully saturated rings. The number of para-hydroxylation sites is 1. The van der Waals surface area contributed by atoms with Crippen molar-refractivity contribution in [2.45, 2.75) is 32.2 Å². The number of hydrogen-bond acceptors (Lipinski definition) is 5. The maximum Gasteiger partial charge on any atom is 0.328 e. The minimum absolute atomic E-state index is 0.0518. The number of carbonyl (C=O) groups is 2. The number of piperidine rings is 1. The van der Waals surface area contributed by atoms with Gasteiger partial charge in [-0.3, -0.25) is 9.69 Å². The molecule has 142 valence electrons. The molecule has 2 aliphatic rings. The first-order valence-electron chi connectivity index (χ1n) is 9.67. The minimum atomic E-state index is -0.401. The maximum atomic E-state index is 12.8. The van der Waals surface area contributed by atoms with E-state index >= 15 is 0 Å². The highest BCUT2D eigenvalue weighted by Crippen LogP contribution is 2.20. The monoisotopic (exact) mass is 359 g/mol. The molecule has 6 heteroatoms. The van der Waals surface area contributed by atoms with Gasteiger partial charge in [-0.2, -0.15) is 0 Å². The van der Waals surface area contributed by atoms with Crippen LogP contribution in [0, 0.1) is 0 Å². The number of carbonyl (C=O) groups excluding carboxylic acids is 2. The number of anilines is 1. The molecule has 1 unspecified atom stereocenters. The number of rotatable bonds is 5. The van der Waals surface area contributed by atoms with Gasteiger partial charge in [-0.25, -0.2) is 4.79 Å². The van der Waals surface area contributed by atoms with Crippen molar-refractivity contribution in [2.24, 2.45) is 0 Å². The quantitative estimate of drug-likeness (QED) is 0.750. The number of hydrogen-bond donors (Lipinski definition) is 0. The van der Waals surface area contributed by atoms with Crippen LogP contribution in [-0.2, 0) is 14.3 Å². The summed E-state index contributed by atoms with van der Waals surface area (Å²) < 4.78 is 5.16. The Balaban J connectivity index is 1.52. The van der Waals surface area contributed by atoms with Gasteiger partial charge in [0.15, 0.2) is 0 Å². The molecule has 1 amide bonds. The van der Waals surface area contributed by atoms with Crippen LogP contribution in [0.2, 0.25) is 0 Å². The Morgan fingerprint density at radius 1 is 1.04 bits per heavy atom. The molecule has 1 aromatic carbocycles. The van der Waals surface area contributed by atoms with Gasteiger partial charge in [0.05, 0.1) is 13.2 Å². The van der Waals surface area contributed by atoms with Crippen molar-refractivity contribution in [3.63, 3.8) is 0 Å². The number of nitrogens with zero attached hydrogens (tertiary/aromatic N) is 3. The van der Waals surface area contributed by atoms with E-state index in [-0.39, 0.29) is 11.9 Å². The molecular formula is C20H29N3O3. The summed E-state index contributed by atoms with van der Waals surface area (Å²) in [5, 5.41) is 0. The van der Waals surface area contributed by atoms with Gasteiger partial charge in [-0.1, -0.05) is 18.2 Å². The largest absolute Gasteiger partial charge is 0.464 e. The molecule has 1 aromatic rings. The van der Waals surface area contributed by atoms with Crippen molar-refractivity contribution >= 4 is 17.6 Å². The molecule has 0 spiro atoms. The lowest BCUT2D eigenvalue weighted by atomic mass is 10.0. The van der Waals surface area contributed by atoms with Crippen LogP contribution in [0.1, 0.15) is 26.2 Å². The minimum Gasteiger partial charge on any atom is -0.464 e. The van der Waals surface area contributed by atoms with E-state index in [0.29, 0.717) is 26.1 Å². The van der Waals surface area contributed by atoms with E-state index in [0.717, 1.165) is 39.0 Å². The average molecular weight is 359 g/mol. The zero-order valence-electron chi connectivity index (χ0n) is 15.6. The van der Waals surface area contributed by atoms with Crippen molar-refractivity contribution in [2.75, 3.05) is 50.8 Å². The highest BCUT2D eigenvalue weighted by atomic mass is 16.5. The molecule has 2 saturated heterocycles. The maximum absolute atomic E-state index is 12.8. The fourth-order valence-electron chi connectivity index (χ4n) is 3.80. The number of amides is 1. The number of esters is 1. The molecule has 2 heterocycles. The summed E-state index contributed by atoms with van der Waals surface area (Å²) in [7, 11) is 0. The predicted molar refractivity (Wildman–Crippen MR) is 101 cm³/mol. The molecule has 6 nitrogen and oxygen atoms in total. The van der Waals surface area contributed by atoms with Crippen LogP contribution in [0.25, 0.3) is 0 Å². The van der Waals surface area contributed by atoms with Gasteiger partial charge in [0, 0.05) is 38.4 Å². The highest BCUT2D eigenvalue weighted by molar-refractivity contribution is 5.85. The molecule has 2 aliphatic heterocycles. The lowest BCUT2D eigenvalue weighted by molar-refractivity contribution is -0.157. The molecular weight excluding hydrogens is 330 g/mol. The number of benzene rings is 1. The molecule has 1 atom stereocenters. The molecule has 0 saturated carbocycles. The second-order valence-electron chi connectivity index (χ2n) is 6.95. The number of likely N-dealkylation sites (tertiary alicyclic amines) is 1. The van der Waals surface area contributed by atoms with Crippen molar-refractivity contribution in [1.82, 2.24) is 9.80 Å². The van der Waals surface area contributed by atoms with Crippen LogP contribution >= 0.6 is 0 Å². The fourth-order valence-corrected chi connectivity index (χ4v) is 3.80. The van der Waals surface area contributed by atoms with E-state index in [4.69, 9.17) is 4.74 Å². The van der Waals surface area contributed by atoms with Crippen LogP contribution in [0.15, 0.2) is 30.3 Å². The Morgan fingerprint density at radius 2 is 1.77 bits per heavy atom. The average Bonchev–Trinajstić information content (AvgIpc) is 2.69. The van der Waals surface area contributed by atoms with Crippen LogP contribution in [0.4, 0.5) is 5.69 Å². The predicted octanol–water partition coefficient (Wildman–Crippen LogP) is 1.75. The van der Waals surface area contributed by atoms with Crippen molar-refractivity contribution in [1.29, 1.82) is 0 Å². The Morgan fingerprint density at radius 3 is 2.46 bits per heavy atom. The van der Waals surface area contributed by atoms with E-state index in [1.807, 2.05) is 6.07 Å². The van der Waals surface area contributed by atoms with Crippen LogP contribution < -0.4 is 4.90 Å². The van der Waals surface area contributed by atoms with Crippen molar-refractivity contribution in [3.8, 4) is 0 Å². The van der Waals surface area contributed by atoms with Crippen LogP contribution in [0.5, 0.6) is 0 Å². The molecule has 0 aromatic heterocycles. The van der Waals surface area contributed by atoms with Gasteiger partial charge in [-0.15, -0.1) is 0 Å².